The number of esters is 2. The van der Waals surface area contributed by atoms with Crippen molar-refractivity contribution in [3.63, 3.8) is 0 Å². The zero-order chi connectivity index (χ0) is 19.6. The van der Waals surface area contributed by atoms with Gasteiger partial charge in [-0.2, -0.15) is 0 Å². The fraction of sp³-hybridized carbons (Fsp3) is 0.333. The topological polar surface area (TPSA) is 65.1 Å². The molecular formula is C21H23NO5. The minimum absolute atomic E-state index is 0.382. The summed E-state index contributed by atoms with van der Waals surface area (Å²) in [6, 6.07) is 7.66. The predicted octanol–water partition coefficient (Wildman–Crippen LogP) is 2.71. The van der Waals surface area contributed by atoms with E-state index in [0.717, 1.165) is 41.1 Å². The lowest BCUT2D eigenvalue weighted by molar-refractivity contribution is -0.136. The van der Waals surface area contributed by atoms with Crippen molar-refractivity contribution in [1.29, 1.82) is 0 Å². The lowest BCUT2D eigenvalue weighted by Crippen LogP contribution is -2.19. The highest BCUT2D eigenvalue weighted by Gasteiger charge is 2.35. The average molecular weight is 369 g/mol. The van der Waals surface area contributed by atoms with Gasteiger partial charge in [-0.3, -0.25) is 0 Å². The van der Waals surface area contributed by atoms with Gasteiger partial charge in [0, 0.05) is 19.2 Å². The van der Waals surface area contributed by atoms with Crippen molar-refractivity contribution in [2.24, 2.45) is 0 Å². The minimum atomic E-state index is -0.470. The van der Waals surface area contributed by atoms with Crippen LogP contribution in [0.15, 0.2) is 52.6 Å². The van der Waals surface area contributed by atoms with Crippen molar-refractivity contribution < 1.29 is 23.8 Å². The van der Waals surface area contributed by atoms with E-state index in [1.807, 2.05) is 31.3 Å². The number of carbonyl (C=O) groups excluding carboxylic acids is 2. The normalized spacial score (nSPS) is 16.6. The molecule has 0 radical (unpaired) electrons. The van der Waals surface area contributed by atoms with Crippen molar-refractivity contribution in [2.75, 3.05) is 34.9 Å². The third-order valence-electron chi connectivity index (χ3n) is 4.90. The fourth-order valence-electron chi connectivity index (χ4n) is 3.60. The maximum Gasteiger partial charge on any atom is 0.338 e. The van der Waals surface area contributed by atoms with Crippen LogP contribution in [0.2, 0.25) is 0 Å². The Hall–Kier alpha value is -3.02. The summed E-state index contributed by atoms with van der Waals surface area (Å²) in [6.45, 7) is 0.803. The van der Waals surface area contributed by atoms with Crippen molar-refractivity contribution in [3.8, 4) is 5.75 Å². The zero-order valence-electron chi connectivity index (χ0n) is 16.0. The summed E-state index contributed by atoms with van der Waals surface area (Å²) in [7, 11) is 6.29. The van der Waals surface area contributed by atoms with E-state index in [2.05, 4.69) is 4.90 Å². The Labute approximate surface area is 158 Å². The van der Waals surface area contributed by atoms with Gasteiger partial charge in [0.1, 0.15) is 5.75 Å². The molecule has 1 aliphatic carbocycles. The molecule has 0 aromatic heterocycles. The number of rotatable bonds is 4. The van der Waals surface area contributed by atoms with Crippen LogP contribution in [-0.2, 0) is 19.1 Å². The maximum absolute atomic E-state index is 12.5. The first-order valence-electron chi connectivity index (χ1n) is 8.73. The van der Waals surface area contributed by atoms with Crippen LogP contribution in [0.3, 0.4) is 0 Å². The molecule has 1 heterocycles. The molecule has 1 aromatic carbocycles. The molecule has 1 aliphatic heterocycles. The van der Waals surface area contributed by atoms with Crippen molar-refractivity contribution in [1.82, 2.24) is 4.90 Å². The van der Waals surface area contributed by atoms with E-state index in [4.69, 9.17) is 14.2 Å². The Morgan fingerprint density at radius 1 is 1.00 bits per heavy atom. The highest BCUT2D eigenvalue weighted by molar-refractivity contribution is 6.07. The van der Waals surface area contributed by atoms with E-state index in [0.29, 0.717) is 17.6 Å². The smallest absolute Gasteiger partial charge is 0.338 e. The Kier molecular flexibility index (Phi) is 5.35. The van der Waals surface area contributed by atoms with E-state index in [-0.39, 0.29) is 0 Å². The molecule has 27 heavy (non-hydrogen) atoms. The standard InChI is InChI=1S/C21H23NO5/c1-22-11-5-6-15-16(20(23)26-3)12-17(21(24)27-4)18(15)19(22)13-7-9-14(25-2)10-8-13/h7-10,12H,5-6,11H2,1-4H3. The van der Waals surface area contributed by atoms with Crippen LogP contribution in [0.1, 0.15) is 18.4 Å². The van der Waals surface area contributed by atoms with Gasteiger partial charge in [-0.1, -0.05) is 0 Å². The van der Waals surface area contributed by atoms with Gasteiger partial charge in [-0.25, -0.2) is 9.59 Å². The molecule has 2 aliphatic rings. The zero-order valence-corrected chi connectivity index (χ0v) is 16.0. The number of methoxy groups -OCH3 is 3. The highest BCUT2D eigenvalue weighted by atomic mass is 16.5. The monoisotopic (exact) mass is 369 g/mol. The first-order valence-corrected chi connectivity index (χ1v) is 8.73. The number of hydrogen-bond donors (Lipinski definition) is 0. The van der Waals surface area contributed by atoms with Gasteiger partial charge >= 0.3 is 11.9 Å². The molecule has 0 unspecified atom stereocenters. The molecule has 0 bridgehead atoms. The molecule has 0 saturated heterocycles. The van der Waals surface area contributed by atoms with E-state index >= 15 is 0 Å². The van der Waals surface area contributed by atoms with Crippen LogP contribution in [0.5, 0.6) is 5.75 Å². The Balaban J connectivity index is 2.27. The van der Waals surface area contributed by atoms with Gasteiger partial charge in [0.05, 0.1) is 38.2 Å². The molecule has 0 spiro atoms. The molecular weight excluding hydrogens is 346 g/mol. The van der Waals surface area contributed by atoms with Crippen LogP contribution in [0, 0.1) is 0 Å². The minimum Gasteiger partial charge on any atom is -0.497 e. The number of nitrogens with zero attached hydrogens (tertiary/aromatic N) is 1. The second-order valence-electron chi connectivity index (χ2n) is 6.41. The quantitative estimate of drug-likeness (QED) is 0.761. The molecule has 1 aromatic rings. The number of allylic oxidation sites excluding steroid dienone is 1. The number of fused-ring (bicyclic) bond motifs is 1. The van der Waals surface area contributed by atoms with Gasteiger partial charge in [0.25, 0.3) is 0 Å². The highest BCUT2D eigenvalue weighted by Crippen LogP contribution is 2.43. The van der Waals surface area contributed by atoms with Gasteiger partial charge in [-0.15, -0.1) is 0 Å². The summed E-state index contributed by atoms with van der Waals surface area (Å²) in [4.78, 5) is 26.9. The van der Waals surface area contributed by atoms with Gasteiger partial charge in [0.2, 0.25) is 0 Å². The summed E-state index contributed by atoms with van der Waals surface area (Å²) in [5.74, 6) is -0.162. The molecule has 0 N–H and O–H groups in total. The molecule has 0 saturated carbocycles. The molecule has 6 nitrogen and oxygen atoms in total. The van der Waals surface area contributed by atoms with Gasteiger partial charge in [0.15, 0.2) is 0 Å². The first-order chi connectivity index (χ1) is 13.0. The maximum atomic E-state index is 12.5. The summed E-state index contributed by atoms with van der Waals surface area (Å²) in [5.41, 5.74) is 4.21. The molecule has 0 fully saturated rings. The summed E-state index contributed by atoms with van der Waals surface area (Å²) in [5, 5.41) is 0. The van der Waals surface area contributed by atoms with E-state index in [9.17, 15) is 9.59 Å². The van der Waals surface area contributed by atoms with Crippen LogP contribution in [0.4, 0.5) is 0 Å². The number of benzene rings is 1. The molecule has 142 valence electrons. The van der Waals surface area contributed by atoms with Gasteiger partial charge < -0.3 is 19.1 Å². The molecule has 3 rings (SSSR count). The number of ether oxygens (including phenoxy) is 3. The second-order valence-corrected chi connectivity index (χ2v) is 6.41. The van der Waals surface area contributed by atoms with Crippen LogP contribution in [-0.4, -0.2) is 51.8 Å². The van der Waals surface area contributed by atoms with Crippen LogP contribution >= 0.6 is 0 Å². The molecule has 6 heteroatoms. The van der Waals surface area contributed by atoms with Crippen molar-refractivity contribution in [3.05, 3.63) is 58.2 Å². The van der Waals surface area contributed by atoms with Gasteiger partial charge in [-0.05, 0) is 54.3 Å². The third kappa shape index (κ3) is 3.35. The lowest BCUT2D eigenvalue weighted by atomic mass is 9.94. The fourth-order valence-corrected chi connectivity index (χ4v) is 3.60. The average Bonchev–Trinajstić information content (AvgIpc) is 2.97. The predicted molar refractivity (Wildman–Crippen MR) is 101 cm³/mol. The number of hydrogen-bond acceptors (Lipinski definition) is 6. The number of carbonyl (C=O) groups is 2. The summed E-state index contributed by atoms with van der Waals surface area (Å²) in [6.07, 6.45) is 3.13. The Morgan fingerprint density at radius 2 is 1.67 bits per heavy atom. The summed E-state index contributed by atoms with van der Waals surface area (Å²) < 4.78 is 15.2. The SMILES string of the molecule is COC(=O)C1=CC(C(=O)OC)=C2CCCN(C)C(c3ccc(OC)cc3)=C12. The van der Waals surface area contributed by atoms with Crippen LogP contribution in [0.25, 0.3) is 5.70 Å². The third-order valence-corrected chi connectivity index (χ3v) is 4.90. The largest absolute Gasteiger partial charge is 0.497 e. The Bertz CT molecular complexity index is 861. The van der Waals surface area contributed by atoms with E-state index < -0.39 is 11.9 Å². The lowest BCUT2D eigenvalue weighted by Gasteiger charge is -2.24. The van der Waals surface area contributed by atoms with Crippen LogP contribution < -0.4 is 4.74 Å². The van der Waals surface area contributed by atoms with E-state index in [1.165, 1.54) is 14.2 Å². The van der Waals surface area contributed by atoms with E-state index in [1.54, 1.807) is 13.2 Å². The Morgan fingerprint density at radius 3 is 2.26 bits per heavy atom. The van der Waals surface area contributed by atoms with Crippen molar-refractivity contribution >= 4 is 17.6 Å². The second kappa shape index (κ2) is 7.70. The molecule has 0 amide bonds. The first kappa shape index (κ1) is 18.8. The van der Waals surface area contributed by atoms with Crippen molar-refractivity contribution in [2.45, 2.75) is 12.8 Å². The molecule has 0 atom stereocenters. The summed E-state index contributed by atoms with van der Waals surface area (Å²) >= 11 is 0.